The van der Waals surface area contributed by atoms with Crippen LogP contribution in [0.4, 0.5) is 10.5 Å². The van der Waals surface area contributed by atoms with Crippen LogP contribution in [0.25, 0.3) is 0 Å². The quantitative estimate of drug-likeness (QED) is 0.870. The van der Waals surface area contributed by atoms with Crippen molar-refractivity contribution in [1.82, 2.24) is 10.3 Å². The minimum absolute atomic E-state index is 0.164. The van der Waals surface area contributed by atoms with E-state index in [4.69, 9.17) is 16.3 Å². The van der Waals surface area contributed by atoms with Crippen molar-refractivity contribution in [3.63, 3.8) is 0 Å². The van der Waals surface area contributed by atoms with Crippen LogP contribution in [-0.2, 0) is 0 Å². The Bertz CT molecular complexity index is 656. The number of pyridine rings is 1. The second kappa shape index (κ2) is 8.02. The third-order valence-corrected chi connectivity index (χ3v) is 4.29. The Morgan fingerprint density at radius 2 is 1.83 bits per heavy atom. The number of urea groups is 1. The van der Waals surface area contributed by atoms with Crippen LogP contribution in [0.15, 0.2) is 48.7 Å². The molecule has 24 heavy (non-hydrogen) atoms. The number of benzene rings is 1. The summed E-state index contributed by atoms with van der Waals surface area (Å²) in [5.74, 6) is 0.661. The van der Waals surface area contributed by atoms with E-state index >= 15 is 0 Å². The number of nitrogens with one attached hydrogen (secondary N) is 2. The van der Waals surface area contributed by atoms with Gasteiger partial charge in [0.2, 0.25) is 5.88 Å². The van der Waals surface area contributed by atoms with Gasteiger partial charge in [-0.3, -0.25) is 0 Å². The van der Waals surface area contributed by atoms with Gasteiger partial charge in [-0.1, -0.05) is 17.7 Å². The third-order valence-electron chi connectivity index (χ3n) is 4.04. The molecule has 2 N–H and O–H groups in total. The van der Waals surface area contributed by atoms with Gasteiger partial charge in [-0.05, 0) is 56.0 Å². The van der Waals surface area contributed by atoms with Gasteiger partial charge in [0.15, 0.2) is 0 Å². The summed E-state index contributed by atoms with van der Waals surface area (Å²) in [5.41, 5.74) is 0.726. The van der Waals surface area contributed by atoms with Crippen LogP contribution in [0.3, 0.4) is 0 Å². The van der Waals surface area contributed by atoms with Crippen molar-refractivity contribution in [2.24, 2.45) is 0 Å². The SMILES string of the molecule is O=C(Nc1ccc(Cl)cc1)NC1CCC(Oc2ccccn2)CC1. The van der Waals surface area contributed by atoms with Crippen LogP contribution in [0.2, 0.25) is 5.02 Å². The van der Waals surface area contributed by atoms with Crippen LogP contribution >= 0.6 is 11.6 Å². The van der Waals surface area contributed by atoms with E-state index in [1.807, 2.05) is 18.2 Å². The molecule has 1 aromatic heterocycles. The zero-order chi connectivity index (χ0) is 16.8. The number of ether oxygens (including phenoxy) is 1. The minimum atomic E-state index is -0.189. The van der Waals surface area contributed by atoms with Crippen molar-refractivity contribution in [1.29, 1.82) is 0 Å². The van der Waals surface area contributed by atoms with Crippen molar-refractivity contribution in [3.05, 3.63) is 53.7 Å². The number of rotatable bonds is 4. The highest BCUT2D eigenvalue weighted by molar-refractivity contribution is 6.30. The lowest BCUT2D eigenvalue weighted by Gasteiger charge is -2.29. The number of carbonyl (C=O) groups is 1. The van der Waals surface area contributed by atoms with Gasteiger partial charge in [-0.15, -0.1) is 0 Å². The van der Waals surface area contributed by atoms with Crippen LogP contribution in [0.1, 0.15) is 25.7 Å². The van der Waals surface area contributed by atoms with E-state index < -0.39 is 0 Å². The molecule has 0 unspecified atom stereocenters. The number of carbonyl (C=O) groups excluding carboxylic acids is 1. The number of nitrogens with zero attached hydrogens (tertiary/aromatic N) is 1. The molecule has 2 amide bonds. The molecule has 1 saturated carbocycles. The molecule has 3 rings (SSSR count). The molecule has 1 aliphatic carbocycles. The van der Waals surface area contributed by atoms with Gasteiger partial charge in [-0.25, -0.2) is 9.78 Å². The molecule has 0 atom stereocenters. The Kier molecular flexibility index (Phi) is 5.54. The average Bonchev–Trinajstić information content (AvgIpc) is 2.60. The minimum Gasteiger partial charge on any atom is -0.474 e. The van der Waals surface area contributed by atoms with E-state index in [1.54, 1.807) is 30.5 Å². The molecule has 0 bridgehead atoms. The zero-order valence-corrected chi connectivity index (χ0v) is 14.0. The van der Waals surface area contributed by atoms with Gasteiger partial charge < -0.3 is 15.4 Å². The number of anilines is 1. The standard InChI is InChI=1S/C18H20ClN3O2/c19-13-4-6-14(7-5-13)21-18(23)22-15-8-10-16(11-9-15)24-17-3-1-2-12-20-17/h1-7,12,15-16H,8-11H2,(H2,21,22,23). The summed E-state index contributed by atoms with van der Waals surface area (Å²) in [7, 11) is 0. The molecule has 1 aromatic carbocycles. The fourth-order valence-corrected chi connectivity index (χ4v) is 2.92. The predicted molar refractivity (Wildman–Crippen MR) is 94.5 cm³/mol. The monoisotopic (exact) mass is 345 g/mol. The summed E-state index contributed by atoms with van der Waals surface area (Å²) >= 11 is 5.83. The van der Waals surface area contributed by atoms with Crippen molar-refractivity contribution in [3.8, 4) is 5.88 Å². The molecule has 5 nitrogen and oxygen atoms in total. The summed E-state index contributed by atoms with van der Waals surface area (Å²) < 4.78 is 5.86. The highest BCUT2D eigenvalue weighted by Crippen LogP contribution is 2.23. The normalized spacial score (nSPS) is 20.2. The Balaban J connectivity index is 1.41. The van der Waals surface area contributed by atoms with Crippen molar-refractivity contribution < 1.29 is 9.53 Å². The van der Waals surface area contributed by atoms with Gasteiger partial charge in [0.05, 0.1) is 0 Å². The summed E-state index contributed by atoms with van der Waals surface area (Å²) in [6.07, 6.45) is 5.49. The highest BCUT2D eigenvalue weighted by atomic mass is 35.5. The van der Waals surface area contributed by atoms with E-state index in [2.05, 4.69) is 15.6 Å². The predicted octanol–water partition coefficient (Wildman–Crippen LogP) is 4.25. The van der Waals surface area contributed by atoms with Crippen LogP contribution in [0, 0.1) is 0 Å². The largest absolute Gasteiger partial charge is 0.474 e. The lowest BCUT2D eigenvalue weighted by Crippen LogP contribution is -2.41. The Morgan fingerprint density at radius 3 is 2.50 bits per heavy atom. The van der Waals surface area contributed by atoms with Gasteiger partial charge in [-0.2, -0.15) is 0 Å². The average molecular weight is 346 g/mol. The second-order valence-corrected chi connectivity index (χ2v) is 6.30. The maximum atomic E-state index is 12.0. The maximum Gasteiger partial charge on any atom is 0.319 e. The van der Waals surface area contributed by atoms with E-state index in [1.165, 1.54) is 0 Å². The first-order chi connectivity index (χ1) is 11.7. The number of hydrogen-bond acceptors (Lipinski definition) is 3. The van der Waals surface area contributed by atoms with Crippen molar-refractivity contribution in [2.45, 2.75) is 37.8 Å². The molecule has 0 aliphatic heterocycles. The number of aromatic nitrogens is 1. The Morgan fingerprint density at radius 1 is 1.08 bits per heavy atom. The summed E-state index contributed by atoms with van der Waals surface area (Å²) in [6, 6.07) is 12.7. The maximum absolute atomic E-state index is 12.0. The molecule has 1 aliphatic rings. The lowest BCUT2D eigenvalue weighted by molar-refractivity contribution is 0.135. The van der Waals surface area contributed by atoms with Crippen molar-refractivity contribution >= 4 is 23.3 Å². The molecule has 1 heterocycles. The second-order valence-electron chi connectivity index (χ2n) is 5.86. The first-order valence-electron chi connectivity index (χ1n) is 8.10. The van der Waals surface area contributed by atoms with E-state index in [9.17, 15) is 4.79 Å². The molecule has 0 saturated heterocycles. The van der Waals surface area contributed by atoms with E-state index in [0.717, 1.165) is 31.4 Å². The smallest absolute Gasteiger partial charge is 0.319 e. The zero-order valence-electron chi connectivity index (χ0n) is 13.2. The van der Waals surface area contributed by atoms with Crippen molar-refractivity contribution in [2.75, 3.05) is 5.32 Å². The van der Waals surface area contributed by atoms with Gasteiger partial charge in [0.25, 0.3) is 0 Å². The number of halogens is 1. The van der Waals surface area contributed by atoms with Gasteiger partial charge >= 0.3 is 6.03 Å². The summed E-state index contributed by atoms with van der Waals surface area (Å²) in [4.78, 5) is 16.2. The first kappa shape index (κ1) is 16.6. The van der Waals surface area contributed by atoms with Gasteiger partial charge in [0, 0.05) is 29.0 Å². The molecule has 2 aromatic rings. The first-order valence-corrected chi connectivity index (χ1v) is 8.47. The molecular weight excluding hydrogens is 326 g/mol. The highest BCUT2D eigenvalue weighted by Gasteiger charge is 2.23. The molecule has 6 heteroatoms. The molecule has 0 radical (unpaired) electrons. The van der Waals surface area contributed by atoms with Crippen LogP contribution in [-0.4, -0.2) is 23.2 Å². The molecule has 126 valence electrons. The molecule has 0 spiro atoms. The Hall–Kier alpha value is -2.27. The van der Waals surface area contributed by atoms with Gasteiger partial charge in [0.1, 0.15) is 6.10 Å². The molecule has 1 fully saturated rings. The Labute approximate surface area is 146 Å². The lowest BCUT2D eigenvalue weighted by atomic mass is 9.93. The fourth-order valence-electron chi connectivity index (χ4n) is 2.80. The summed E-state index contributed by atoms with van der Waals surface area (Å²) in [5, 5.41) is 6.48. The summed E-state index contributed by atoms with van der Waals surface area (Å²) in [6.45, 7) is 0. The topological polar surface area (TPSA) is 63.2 Å². The van der Waals surface area contributed by atoms with Crippen LogP contribution in [0.5, 0.6) is 5.88 Å². The fraction of sp³-hybridized carbons (Fsp3) is 0.333. The van der Waals surface area contributed by atoms with E-state index in [0.29, 0.717) is 10.9 Å². The molecular formula is C18H20ClN3O2. The van der Waals surface area contributed by atoms with Crippen LogP contribution < -0.4 is 15.4 Å². The number of hydrogen-bond donors (Lipinski definition) is 2. The number of amides is 2. The van der Waals surface area contributed by atoms with E-state index in [-0.39, 0.29) is 18.2 Å². The third kappa shape index (κ3) is 4.86.